The van der Waals surface area contributed by atoms with Crippen LogP contribution in [0.15, 0.2) is 0 Å². The fourth-order valence-electron chi connectivity index (χ4n) is 1.30. The molecule has 0 saturated carbocycles. The maximum absolute atomic E-state index is 11.3. The maximum atomic E-state index is 11.3. The van der Waals surface area contributed by atoms with E-state index in [0.29, 0.717) is 0 Å². The molecular weight excluding hydrogens is 188 g/mol. The number of rotatable bonds is 2. The second kappa shape index (κ2) is 3.93. The van der Waals surface area contributed by atoms with Crippen LogP contribution in [0.2, 0.25) is 0 Å². The minimum atomic E-state index is -0.950. The van der Waals surface area contributed by atoms with E-state index in [1.807, 2.05) is 0 Å². The van der Waals surface area contributed by atoms with Crippen LogP contribution in [0.5, 0.6) is 0 Å². The number of carbonyl (C=O) groups excluding carboxylic acids is 2. The summed E-state index contributed by atoms with van der Waals surface area (Å²) in [7, 11) is 0. The van der Waals surface area contributed by atoms with Crippen LogP contribution in [0.3, 0.4) is 0 Å². The SMILES string of the molecule is CC(O)[C@H]1NC(=O)[C@@H](C(C)O)NC1=O. The summed E-state index contributed by atoms with van der Waals surface area (Å²) >= 11 is 0. The zero-order chi connectivity index (χ0) is 10.9. The van der Waals surface area contributed by atoms with E-state index in [2.05, 4.69) is 10.6 Å². The molecule has 6 nitrogen and oxygen atoms in total. The van der Waals surface area contributed by atoms with E-state index < -0.39 is 36.1 Å². The van der Waals surface area contributed by atoms with Crippen molar-refractivity contribution in [2.45, 2.75) is 38.1 Å². The van der Waals surface area contributed by atoms with E-state index in [1.165, 1.54) is 13.8 Å². The lowest BCUT2D eigenvalue weighted by molar-refractivity contribution is -0.141. The number of hydrogen-bond acceptors (Lipinski definition) is 4. The largest absolute Gasteiger partial charge is 0.391 e. The molecule has 4 N–H and O–H groups in total. The van der Waals surface area contributed by atoms with Gasteiger partial charge in [-0.25, -0.2) is 0 Å². The smallest absolute Gasteiger partial charge is 0.245 e. The summed E-state index contributed by atoms with van der Waals surface area (Å²) in [5, 5.41) is 23.0. The summed E-state index contributed by atoms with van der Waals surface area (Å²) in [4.78, 5) is 22.6. The third kappa shape index (κ3) is 2.02. The number of carbonyl (C=O) groups is 2. The Hall–Kier alpha value is -1.14. The average Bonchev–Trinajstić information content (AvgIpc) is 2.07. The quantitative estimate of drug-likeness (QED) is 0.406. The molecule has 1 heterocycles. The molecule has 0 spiro atoms. The van der Waals surface area contributed by atoms with Gasteiger partial charge in [0, 0.05) is 0 Å². The zero-order valence-corrected chi connectivity index (χ0v) is 8.02. The lowest BCUT2D eigenvalue weighted by Crippen LogP contribution is -2.67. The van der Waals surface area contributed by atoms with Crippen LogP contribution < -0.4 is 10.6 Å². The molecule has 0 aliphatic carbocycles. The highest BCUT2D eigenvalue weighted by atomic mass is 16.3. The Morgan fingerprint density at radius 1 is 1.00 bits per heavy atom. The van der Waals surface area contributed by atoms with Crippen molar-refractivity contribution >= 4 is 11.8 Å². The highest BCUT2D eigenvalue weighted by molar-refractivity contribution is 5.97. The number of hydrogen-bond donors (Lipinski definition) is 4. The Morgan fingerprint density at radius 3 is 1.50 bits per heavy atom. The third-order valence-corrected chi connectivity index (χ3v) is 2.13. The Bertz CT molecular complexity index is 226. The fourth-order valence-corrected chi connectivity index (χ4v) is 1.30. The van der Waals surface area contributed by atoms with Crippen molar-refractivity contribution in [2.24, 2.45) is 0 Å². The van der Waals surface area contributed by atoms with Crippen LogP contribution in [-0.4, -0.2) is 46.3 Å². The van der Waals surface area contributed by atoms with Crippen LogP contribution in [0.4, 0.5) is 0 Å². The first kappa shape index (κ1) is 10.9. The predicted octanol–water partition coefficient (Wildman–Crippen LogP) is -2.27. The van der Waals surface area contributed by atoms with E-state index in [-0.39, 0.29) is 0 Å². The van der Waals surface area contributed by atoms with Gasteiger partial charge in [0.1, 0.15) is 12.1 Å². The summed E-state index contributed by atoms with van der Waals surface area (Å²) in [5.41, 5.74) is 0. The van der Waals surface area contributed by atoms with Gasteiger partial charge in [-0.2, -0.15) is 0 Å². The van der Waals surface area contributed by atoms with Crippen LogP contribution in [0, 0.1) is 0 Å². The van der Waals surface area contributed by atoms with Crippen LogP contribution in [0.1, 0.15) is 13.8 Å². The molecule has 0 radical (unpaired) electrons. The fraction of sp³-hybridized carbons (Fsp3) is 0.750. The van der Waals surface area contributed by atoms with Gasteiger partial charge in [-0.3, -0.25) is 9.59 Å². The molecule has 1 fully saturated rings. The van der Waals surface area contributed by atoms with Gasteiger partial charge in [0.2, 0.25) is 11.8 Å². The van der Waals surface area contributed by atoms with Gasteiger partial charge in [-0.15, -0.1) is 0 Å². The van der Waals surface area contributed by atoms with Crippen molar-refractivity contribution in [3.8, 4) is 0 Å². The molecule has 1 rings (SSSR count). The monoisotopic (exact) mass is 202 g/mol. The van der Waals surface area contributed by atoms with Gasteiger partial charge < -0.3 is 20.8 Å². The minimum absolute atomic E-state index is 0.481. The van der Waals surface area contributed by atoms with E-state index in [0.717, 1.165) is 0 Å². The highest BCUT2D eigenvalue weighted by Gasteiger charge is 2.37. The van der Waals surface area contributed by atoms with Gasteiger partial charge in [-0.1, -0.05) is 0 Å². The van der Waals surface area contributed by atoms with E-state index in [1.54, 1.807) is 0 Å². The van der Waals surface area contributed by atoms with Crippen molar-refractivity contribution in [2.75, 3.05) is 0 Å². The maximum Gasteiger partial charge on any atom is 0.245 e. The van der Waals surface area contributed by atoms with Crippen molar-refractivity contribution in [3.05, 3.63) is 0 Å². The summed E-state index contributed by atoms with van der Waals surface area (Å²) in [6.07, 6.45) is -1.90. The first-order chi connectivity index (χ1) is 6.43. The van der Waals surface area contributed by atoms with Crippen molar-refractivity contribution in [1.82, 2.24) is 10.6 Å². The number of amides is 2. The molecule has 1 saturated heterocycles. The van der Waals surface area contributed by atoms with E-state index in [9.17, 15) is 9.59 Å². The van der Waals surface area contributed by atoms with Gasteiger partial charge in [-0.05, 0) is 13.8 Å². The highest BCUT2D eigenvalue weighted by Crippen LogP contribution is 2.04. The Morgan fingerprint density at radius 2 is 1.29 bits per heavy atom. The average molecular weight is 202 g/mol. The topological polar surface area (TPSA) is 98.7 Å². The normalized spacial score (nSPS) is 31.7. The second-order valence-electron chi connectivity index (χ2n) is 3.45. The van der Waals surface area contributed by atoms with Crippen LogP contribution >= 0.6 is 0 Å². The number of aliphatic hydroxyl groups is 2. The molecule has 6 heteroatoms. The lowest BCUT2D eigenvalue weighted by atomic mass is 10.0. The van der Waals surface area contributed by atoms with Gasteiger partial charge in [0.15, 0.2) is 0 Å². The molecule has 1 aliphatic rings. The van der Waals surface area contributed by atoms with Crippen molar-refractivity contribution in [1.29, 1.82) is 0 Å². The van der Waals surface area contributed by atoms with Gasteiger partial charge in [0.25, 0.3) is 0 Å². The lowest BCUT2D eigenvalue weighted by Gasteiger charge is -2.32. The third-order valence-electron chi connectivity index (χ3n) is 2.13. The Labute approximate surface area is 81.3 Å². The molecule has 0 aromatic carbocycles. The Balaban J connectivity index is 2.72. The standard InChI is InChI=1S/C8H14N2O4/c1-3(11)5-7(13)10-6(4(2)12)8(14)9-5/h3-6,11-12H,1-2H3,(H,9,14)(H,10,13)/t3?,4?,5-,6-/m1/s1. The summed E-state index contributed by atoms with van der Waals surface area (Å²) in [6, 6.07) is -1.87. The predicted molar refractivity (Wildman–Crippen MR) is 47.2 cm³/mol. The molecular formula is C8H14N2O4. The summed E-state index contributed by atoms with van der Waals surface area (Å²) in [5.74, 6) is -0.962. The molecule has 0 aromatic rings. The summed E-state index contributed by atoms with van der Waals surface area (Å²) in [6.45, 7) is 2.82. The van der Waals surface area contributed by atoms with Crippen LogP contribution in [-0.2, 0) is 9.59 Å². The molecule has 14 heavy (non-hydrogen) atoms. The molecule has 0 aromatic heterocycles. The van der Waals surface area contributed by atoms with Crippen LogP contribution in [0.25, 0.3) is 0 Å². The van der Waals surface area contributed by atoms with Gasteiger partial charge in [0.05, 0.1) is 12.2 Å². The van der Waals surface area contributed by atoms with E-state index >= 15 is 0 Å². The molecule has 4 atom stereocenters. The minimum Gasteiger partial charge on any atom is -0.391 e. The number of piperazine rings is 1. The second-order valence-corrected chi connectivity index (χ2v) is 3.45. The van der Waals surface area contributed by atoms with Gasteiger partial charge >= 0.3 is 0 Å². The zero-order valence-electron chi connectivity index (χ0n) is 8.02. The Kier molecular flexibility index (Phi) is 3.07. The molecule has 80 valence electrons. The number of aliphatic hydroxyl groups excluding tert-OH is 2. The number of nitrogens with one attached hydrogen (secondary N) is 2. The molecule has 2 unspecified atom stereocenters. The van der Waals surface area contributed by atoms with E-state index in [4.69, 9.17) is 10.2 Å². The molecule has 1 aliphatic heterocycles. The summed E-state index contributed by atoms with van der Waals surface area (Å²) < 4.78 is 0. The first-order valence-electron chi connectivity index (χ1n) is 4.40. The first-order valence-corrected chi connectivity index (χ1v) is 4.40. The van der Waals surface area contributed by atoms with Crippen molar-refractivity contribution < 1.29 is 19.8 Å². The van der Waals surface area contributed by atoms with Crippen molar-refractivity contribution in [3.63, 3.8) is 0 Å². The molecule has 0 bridgehead atoms. The molecule has 2 amide bonds.